The molecule has 0 unspecified atom stereocenters. The van der Waals surface area contributed by atoms with E-state index >= 15 is 0 Å². The van der Waals surface area contributed by atoms with Gasteiger partial charge in [0.05, 0.1) is 17.0 Å². The molecule has 0 aliphatic heterocycles. The summed E-state index contributed by atoms with van der Waals surface area (Å²) in [6.07, 6.45) is 0.00959. The molecular weight excluding hydrogens is 312 g/mol. The molecular formula is C13H14N2O4S2. The number of aromatic nitrogens is 1. The summed E-state index contributed by atoms with van der Waals surface area (Å²) >= 11 is 3.02. The van der Waals surface area contributed by atoms with Gasteiger partial charge in [-0.1, -0.05) is 6.07 Å². The normalized spacial score (nSPS) is 12.0. The number of hydrogen-bond acceptors (Lipinski definition) is 6. The van der Waals surface area contributed by atoms with Gasteiger partial charge in [0.15, 0.2) is 0 Å². The number of carbonyl (C=O) groups excluding carboxylic acids is 1. The number of aliphatic carboxylic acids is 1. The van der Waals surface area contributed by atoms with E-state index < -0.39 is 17.9 Å². The first-order valence-electron chi connectivity index (χ1n) is 6.21. The highest BCUT2D eigenvalue weighted by molar-refractivity contribution is 7.20. The molecule has 0 saturated heterocycles. The molecule has 1 amide bonds. The van der Waals surface area contributed by atoms with Crippen LogP contribution in [-0.4, -0.2) is 39.7 Å². The third-order valence-corrected chi connectivity index (χ3v) is 4.61. The molecule has 112 valence electrons. The minimum absolute atomic E-state index is 0.0153. The lowest BCUT2D eigenvalue weighted by Crippen LogP contribution is -2.42. The second kappa shape index (κ2) is 7.30. The van der Waals surface area contributed by atoms with Crippen molar-refractivity contribution in [2.45, 2.75) is 18.9 Å². The van der Waals surface area contributed by atoms with Crippen molar-refractivity contribution in [1.29, 1.82) is 0 Å². The van der Waals surface area contributed by atoms with Crippen LogP contribution in [0.25, 0.3) is 9.88 Å². The topological polar surface area (TPSA) is 99.5 Å². The molecule has 0 bridgehead atoms. The van der Waals surface area contributed by atoms with Gasteiger partial charge in [0.25, 0.3) is 0 Å². The van der Waals surface area contributed by atoms with Gasteiger partial charge in [0.1, 0.15) is 11.0 Å². The Bertz CT molecular complexity index is 609. The first kappa shape index (κ1) is 15.6. The Morgan fingerprint density at radius 2 is 2.19 bits per heavy atom. The quantitative estimate of drug-likeness (QED) is 0.713. The number of nitrogens with one attached hydrogen (secondary N) is 1. The predicted octanol–water partition coefficient (Wildman–Crippen LogP) is 1.37. The van der Waals surface area contributed by atoms with Crippen LogP contribution in [0.15, 0.2) is 22.9 Å². The number of aliphatic hydroxyl groups is 1. The van der Waals surface area contributed by atoms with Crippen molar-refractivity contribution in [3.63, 3.8) is 0 Å². The number of thiazole rings is 1. The maximum absolute atomic E-state index is 11.8. The molecule has 1 atom stereocenters. The number of thiophene rings is 1. The summed E-state index contributed by atoms with van der Waals surface area (Å²) in [6, 6.07) is 2.81. The summed E-state index contributed by atoms with van der Waals surface area (Å²) in [5, 5.41) is 24.6. The van der Waals surface area contributed by atoms with Gasteiger partial charge in [-0.25, -0.2) is 9.78 Å². The Morgan fingerprint density at radius 3 is 2.81 bits per heavy atom. The molecule has 0 aliphatic carbocycles. The van der Waals surface area contributed by atoms with Crippen LogP contribution in [0.3, 0.4) is 0 Å². The lowest BCUT2D eigenvalue weighted by molar-refractivity contribution is -0.142. The van der Waals surface area contributed by atoms with E-state index in [4.69, 9.17) is 10.2 Å². The highest BCUT2D eigenvalue weighted by Gasteiger charge is 2.19. The maximum atomic E-state index is 11.8. The molecule has 0 aliphatic rings. The van der Waals surface area contributed by atoms with Crippen molar-refractivity contribution in [1.82, 2.24) is 10.3 Å². The number of carboxylic acid groups (broad SMARTS) is 1. The molecule has 0 radical (unpaired) electrons. The molecule has 2 aromatic heterocycles. The van der Waals surface area contributed by atoms with Crippen molar-refractivity contribution in [2.24, 2.45) is 0 Å². The van der Waals surface area contributed by atoms with Gasteiger partial charge in [0, 0.05) is 18.4 Å². The molecule has 6 nitrogen and oxygen atoms in total. The molecule has 2 heterocycles. The number of amides is 1. The van der Waals surface area contributed by atoms with Crippen molar-refractivity contribution in [3.05, 3.63) is 28.6 Å². The lowest BCUT2D eigenvalue weighted by Gasteiger charge is -2.12. The van der Waals surface area contributed by atoms with Gasteiger partial charge in [-0.05, 0) is 11.4 Å². The molecule has 0 saturated carbocycles. The fourth-order valence-corrected chi connectivity index (χ4v) is 3.33. The Kier molecular flexibility index (Phi) is 5.43. The van der Waals surface area contributed by atoms with Crippen LogP contribution in [-0.2, 0) is 16.0 Å². The van der Waals surface area contributed by atoms with E-state index in [0.29, 0.717) is 5.69 Å². The lowest BCUT2D eigenvalue weighted by atomic mass is 10.2. The van der Waals surface area contributed by atoms with Gasteiger partial charge >= 0.3 is 5.97 Å². The highest BCUT2D eigenvalue weighted by Crippen LogP contribution is 2.27. The number of carbonyl (C=O) groups is 2. The van der Waals surface area contributed by atoms with Crippen LogP contribution < -0.4 is 5.32 Å². The summed E-state index contributed by atoms with van der Waals surface area (Å²) in [7, 11) is 0. The minimum Gasteiger partial charge on any atom is -0.480 e. The van der Waals surface area contributed by atoms with Gasteiger partial charge in [-0.15, -0.1) is 22.7 Å². The number of rotatable bonds is 7. The SMILES string of the molecule is O=C(Cc1csc(-c2cccs2)n1)N[C@@H](CCO)C(=O)O. The molecule has 2 aromatic rings. The van der Waals surface area contributed by atoms with E-state index in [0.717, 1.165) is 9.88 Å². The number of nitrogens with zero attached hydrogens (tertiary/aromatic N) is 1. The predicted molar refractivity (Wildman–Crippen MR) is 80.4 cm³/mol. The fourth-order valence-electron chi connectivity index (χ4n) is 1.70. The fraction of sp³-hybridized carbons (Fsp3) is 0.308. The monoisotopic (exact) mass is 326 g/mol. The highest BCUT2D eigenvalue weighted by atomic mass is 32.1. The minimum atomic E-state index is -1.16. The van der Waals surface area contributed by atoms with E-state index in [2.05, 4.69) is 10.3 Å². The average molecular weight is 326 g/mol. The molecule has 21 heavy (non-hydrogen) atoms. The van der Waals surface area contributed by atoms with E-state index in [1.54, 1.807) is 16.7 Å². The molecule has 3 N–H and O–H groups in total. The first-order valence-corrected chi connectivity index (χ1v) is 7.97. The van der Waals surface area contributed by atoms with E-state index in [1.165, 1.54) is 11.3 Å². The largest absolute Gasteiger partial charge is 0.480 e. The Morgan fingerprint density at radius 1 is 1.38 bits per heavy atom. The van der Waals surface area contributed by atoms with Crippen molar-refractivity contribution in [2.75, 3.05) is 6.61 Å². The second-order valence-electron chi connectivity index (χ2n) is 4.27. The van der Waals surface area contributed by atoms with E-state index in [-0.39, 0.29) is 19.4 Å². The zero-order valence-corrected chi connectivity index (χ0v) is 12.6. The van der Waals surface area contributed by atoms with Crippen molar-refractivity contribution in [3.8, 4) is 9.88 Å². The van der Waals surface area contributed by atoms with E-state index in [9.17, 15) is 9.59 Å². The van der Waals surface area contributed by atoms with Crippen LogP contribution in [0.5, 0.6) is 0 Å². The molecule has 0 fully saturated rings. The van der Waals surface area contributed by atoms with Crippen LogP contribution in [0.2, 0.25) is 0 Å². The van der Waals surface area contributed by atoms with Crippen LogP contribution in [0.1, 0.15) is 12.1 Å². The van der Waals surface area contributed by atoms with E-state index in [1.807, 2.05) is 17.5 Å². The third-order valence-electron chi connectivity index (χ3n) is 2.68. The summed E-state index contributed by atoms with van der Waals surface area (Å²) < 4.78 is 0. The number of hydrogen-bond donors (Lipinski definition) is 3. The molecule has 2 rings (SSSR count). The summed E-state index contributed by atoms with van der Waals surface area (Å²) in [5.74, 6) is -1.58. The van der Waals surface area contributed by atoms with Gasteiger partial charge < -0.3 is 15.5 Å². The summed E-state index contributed by atoms with van der Waals surface area (Å²) in [5.41, 5.74) is 0.606. The average Bonchev–Trinajstić information content (AvgIpc) is 3.08. The molecule has 0 spiro atoms. The molecule has 0 aromatic carbocycles. The van der Waals surface area contributed by atoms with Crippen molar-refractivity contribution < 1.29 is 19.8 Å². The van der Waals surface area contributed by atoms with Gasteiger partial charge in [0.2, 0.25) is 5.91 Å². The third kappa shape index (κ3) is 4.35. The number of aliphatic hydroxyl groups excluding tert-OH is 1. The zero-order valence-electron chi connectivity index (χ0n) is 11.0. The van der Waals surface area contributed by atoms with Crippen molar-refractivity contribution >= 4 is 34.6 Å². The zero-order chi connectivity index (χ0) is 15.2. The van der Waals surface area contributed by atoms with Gasteiger partial charge in [-0.3, -0.25) is 4.79 Å². The van der Waals surface area contributed by atoms with Crippen LogP contribution in [0, 0.1) is 0 Å². The Balaban J connectivity index is 1.95. The smallest absolute Gasteiger partial charge is 0.326 e. The maximum Gasteiger partial charge on any atom is 0.326 e. The number of carboxylic acids is 1. The standard InChI is InChI=1S/C13H14N2O4S2/c16-4-3-9(13(18)19)15-11(17)6-8-7-21-12(14-8)10-2-1-5-20-10/h1-2,5,7,9,16H,3-4,6H2,(H,15,17)(H,18,19)/t9-/m0/s1. The summed E-state index contributed by atoms with van der Waals surface area (Å²) in [6.45, 7) is -0.295. The second-order valence-corrected chi connectivity index (χ2v) is 6.07. The Labute approximate surface area is 129 Å². The molecule has 8 heteroatoms. The van der Waals surface area contributed by atoms with Gasteiger partial charge in [-0.2, -0.15) is 0 Å². The first-order chi connectivity index (χ1) is 10.1. The van der Waals surface area contributed by atoms with Crippen LogP contribution >= 0.6 is 22.7 Å². The van der Waals surface area contributed by atoms with Crippen LogP contribution in [0.4, 0.5) is 0 Å². The summed E-state index contributed by atoms with van der Waals surface area (Å²) in [4.78, 5) is 28.1. The Hall–Kier alpha value is -1.77.